The van der Waals surface area contributed by atoms with Crippen LogP contribution in [0.4, 0.5) is 0 Å². The molecule has 104 valence electrons. The Bertz CT molecular complexity index is 323. The van der Waals surface area contributed by atoms with Crippen LogP contribution in [0.15, 0.2) is 0 Å². The molecule has 0 aromatic carbocycles. The van der Waals surface area contributed by atoms with E-state index in [1.165, 1.54) is 0 Å². The van der Waals surface area contributed by atoms with Gasteiger partial charge < -0.3 is 21.9 Å². The van der Waals surface area contributed by atoms with E-state index in [4.69, 9.17) is 16.6 Å². The molecule has 0 unspecified atom stereocenters. The summed E-state index contributed by atoms with van der Waals surface area (Å²) in [6.07, 6.45) is 0.493. The Hall–Kier alpha value is -1.63. The van der Waals surface area contributed by atoms with Gasteiger partial charge in [-0.15, -0.1) is 0 Å². The molecule has 0 bridgehead atoms. The highest BCUT2D eigenvalue weighted by atomic mass is 16.4. The smallest absolute Gasteiger partial charge is 0.326 e. The fourth-order valence-corrected chi connectivity index (χ4v) is 1.25. The van der Waals surface area contributed by atoms with Gasteiger partial charge in [-0.3, -0.25) is 9.59 Å². The van der Waals surface area contributed by atoms with Gasteiger partial charge in [0.15, 0.2) is 0 Å². The quantitative estimate of drug-likeness (QED) is 0.458. The zero-order valence-electron chi connectivity index (χ0n) is 10.7. The van der Waals surface area contributed by atoms with Crippen LogP contribution in [0.3, 0.4) is 0 Å². The number of carboxylic acid groups (broad SMARTS) is 1. The maximum atomic E-state index is 11.5. The summed E-state index contributed by atoms with van der Waals surface area (Å²) >= 11 is 0. The van der Waals surface area contributed by atoms with Gasteiger partial charge in [0.1, 0.15) is 6.04 Å². The highest BCUT2D eigenvalue weighted by Gasteiger charge is 2.21. The monoisotopic (exact) mass is 259 g/mol. The molecule has 0 heterocycles. The van der Waals surface area contributed by atoms with Crippen LogP contribution in [0.5, 0.6) is 0 Å². The minimum atomic E-state index is -1.18. The molecule has 6 N–H and O–H groups in total. The first-order valence-electron chi connectivity index (χ1n) is 5.71. The lowest BCUT2D eigenvalue weighted by Gasteiger charge is -2.19. The van der Waals surface area contributed by atoms with E-state index in [-0.39, 0.29) is 19.3 Å². The van der Waals surface area contributed by atoms with Crippen molar-refractivity contribution in [3.63, 3.8) is 0 Å². The van der Waals surface area contributed by atoms with Gasteiger partial charge in [0, 0.05) is 18.4 Å². The summed E-state index contributed by atoms with van der Waals surface area (Å²) in [5.41, 5.74) is 10.2. The minimum absolute atomic E-state index is 0.0115. The number of rotatable bonds is 8. The van der Waals surface area contributed by atoms with E-state index in [1.54, 1.807) is 13.8 Å². The van der Waals surface area contributed by atoms with E-state index < -0.39 is 29.4 Å². The van der Waals surface area contributed by atoms with Crippen LogP contribution >= 0.6 is 0 Å². The summed E-state index contributed by atoms with van der Waals surface area (Å²) in [5.74, 6) is -2.18. The molecule has 7 heteroatoms. The number of hydrogen-bond acceptors (Lipinski definition) is 4. The topological polar surface area (TPSA) is 136 Å². The Morgan fingerprint density at radius 2 is 1.83 bits per heavy atom. The molecule has 0 spiro atoms. The van der Waals surface area contributed by atoms with Crippen LogP contribution < -0.4 is 16.8 Å². The van der Waals surface area contributed by atoms with Crippen LogP contribution in [-0.2, 0) is 14.4 Å². The second kappa shape index (κ2) is 6.95. The molecular weight excluding hydrogens is 238 g/mol. The number of nitrogens with one attached hydrogen (secondary N) is 1. The van der Waals surface area contributed by atoms with Gasteiger partial charge in [0.2, 0.25) is 11.8 Å². The zero-order valence-corrected chi connectivity index (χ0v) is 10.7. The Morgan fingerprint density at radius 1 is 1.28 bits per heavy atom. The number of amides is 2. The Labute approximate surface area is 106 Å². The summed E-state index contributed by atoms with van der Waals surface area (Å²) in [6, 6.07) is -1.09. The first-order valence-corrected chi connectivity index (χ1v) is 5.71. The summed E-state index contributed by atoms with van der Waals surface area (Å²) in [4.78, 5) is 32.9. The van der Waals surface area contributed by atoms with Crippen molar-refractivity contribution in [1.82, 2.24) is 5.32 Å². The highest BCUT2D eigenvalue weighted by Crippen LogP contribution is 2.07. The van der Waals surface area contributed by atoms with E-state index >= 15 is 0 Å². The average Bonchev–Trinajstić information content (AvgIpc) is 2.19. The summed E-state index contributed by atoms with van der Waals surface area (Å²) < 4.78 is 0. The molecule has 0 aliphatic rings. The zero-order chi connectivity index (χ0) is 14.3. The number of carbonyl (C=O) groups is 3. The minimum Gasteiger partial charge on any atom is -0.480 e. The molecular formula is C11H21N3O4. The lowest BCUT2D eigenvalue weighted by Crippen LogP contribution is -2.42. The van der Waals surface area contributed by atoms with Crippen LogP contribution in [0.25, 0.3) is 0 Å². The fourth-order valence-electron chi connectivity index (χ4n) is 1.25. The average molecular weight is 259 g/mol. The van der Waals surface area contributed by atoms with Gasteiger partial charge in [0.05, 0.1) is 0 Å². The maximum Gasteiger partial charge on any atom is 0.326 e. The molecule has 1 atom stereocenters. The Morgan fingerprint density at radius 3 is 2.22 bits per heavy atom. The van der Waals surface area contributed by atoms with Gasteiger partial charge in [-0.2, -0.15) is 0 Å². The van der Waals surface area contributed by atoms with E-state index in [2.05, 4.69) is 5.32 Å². The van der Waals surface area contributed by atoms with Crippen molar-refractivity contribution in [3.8, 4) is 0 Å². The molecule has 0 saturated carbocycles. The molecule has 7 nitrogen and oxygen atoms in total. The second-order valence-corrected chi connectivity index (χ2v) is 4.95. The largest absolute Gasteiger partial charge is 0.480 e. The third-order valence-electron chi connectivity index (χ3n) is 2.31. The first kappa shape index (κ1) is 16.4. The third-order valence-corrected chi connectivity index (χ3v) is 2.31. The molecule has 0 rings (SSSR count). The standard InChI is InChI=1S/C11H21N3O4/c1-11(2,13)6-5-9(16)14-7(10(17)18)3-4-8(12)15/h7H,3-6,13H2,1-2H3,(H2,12,15)(H,14,16)(H,17,18)/t7-/m1/s1. The molecule has 0 aliphatic carbocycles. The van der Waals surface area contributed by atoms with Gasteiger partial charge in [-0.05, 0) is 26.7 Å². The summed E-state index contributed by atoms with van der Waals surface area (Å²) in [7, 11) is 0. The molecule has 0 aliphatic heterocycles. The van der Waals surface area contributed by atoms with Crippen LogP contribution in [-0.4, -0.2) is 34.5 Å². The molecule has 2 amide bonds. The van der Waals surface area contributed by atoms with Crippen molar-refractivity contribution in [2.75, 3.05) is 0 Å². The molecule has 18 heavy (non-hydrogen) atoms. The number of carboxylic acids is 1. The van der Waals surface area contributed by atoms with Crippen LogP contribution in [0, 0.1) is 0 Å². The van der Waals surface area contributed by atoms with Crippen molar-refractivity contribution in [3.05, 3.63) is 0 Å². The van der Waals surface area contributed by atoms with Gasteiger partial charge in [-0.1, -0.05) is 0 Å². The van der Waals surface area contributed by atoms with Gasteiger partial charge >= 0.3 is 5.97 Å². The lowest BCUT2D eigenvalue weighted by atomic mass is 9.99. The van der Waals surface area contributed by atoms with Crippen LogP contribution in [0.1, 0.15) is 39.5 Å². The lowest BCUT2D eigenvalue weighted by molar-refractivity contribution is -0.142. The van der Waals surface area contributed by atoms with E-state index in [1.807, 2.05) is 0 Å². The number of carbonyl (C=O) groups excluding carboxylic acids is 2. The normalized spacial score (nSPS) is 12.8. The molecule has 0 aromatic heterocycles. The van der Waals surface area contributed by atoms with E-state index in [9.17, 15) is 14.4 Å². The highest BCUT2D eigenvalue weighted by molar-refractivity contribution is 5.84. The number of hydrogen-bond donors (Lipinski definition) is 4. The second-order valence-electron chi connectivity index (χ2n) is 4.95. The SMILES string of the molecule is CC(C)(N)CCC(=O)N[C@H](CCC(N)=O)C(=O)O. The van der Waals surface area contributed by atoms with Crippen molar-refractivity contribution in [2.45, 2.75) is 51.1 Å². The van der Waals surface area contributed by atoms with Gasteiger partial charge in [-0.25, -0.2) is 4.79 Å². The first-order chi connectivity index (χ1) is 8.11. The maximum absolute atomic E-state index is 11.5. The molecule has 0 fully saturated rings. The fraction of sp³-hybridized carbons (Fsp3) is 0.727. The number of aliphatic carboxylic acids is 1. The molecule has 0 radical (unpaired) electrons. The predicted octanol–water partition coefficient (Wildman–Crippen LogP) is -0.661. The number of nitrogens with two attached hydrogens (primary N) is 2. The van der Waals surface area contributed by atoms with Crippen molar-refractivity contribution >= 4 is 17.8 Å². The van der Waals surface area contributed by atoms with E-state index in [0.717, 1.165) is 0 Å². The number of primary amides is 1. The van der Waals surface area contributed by atoms with Gasteiger partial charge in [0.25, 0.3) is 0 Å². The van der Waals surface area contributed by atoms with Crippen molar-refractivity contribution < 1.29 is 19.5 Å². The summed E-state index contributed by atoms with van der Waals surface area (Å²) in [6.45, 7) is 3.56. The van der Waals surface area contributed by atoms with Crippen molar-refractivity contribution in [2.24, 2.45) is 11.5 Å². The molecule has 0 saturated heterocycles. The van der Waals surface area contributed by atoms with E-state index in [0.29, 0.717) is 6.42 Å². The van der Waals surface area contributed by atoms with Crippen LogP contribution in [0.2, 0.25) is 0 Å². The molecule has 0 aromatic rings. The third kappa shape index (κ3) is 8.51. The summed E-state index contributed by atoms with van der Waals surface area (Å²) in [5, 5.41) is 11.2. The van der Waals surface area contributed by atoms with Crippen molar-refractivity contribution in [1.29, 1.82) is 0 Å². The predicted molar refractivity (Wildman–Crippen MR) is 65.5 cm³/mol. The Kier molecular flexibility index (Phi) is 6.32. The Balaban J connectivity index is 4.20.